The molecule has 4 aromatic heterocycles. The Kier molecular flexibility index (Phi) is 4.88. The van der Waals surface area contributed by atoms with Crippen molar-refractivity contribution in [3.05, 3.63) is 66.2 Å². The molecule has 1 amide bonds. The number of nitrogens with zero attached hydrogens (tertiary/aromatic N) is 5. The van der Waals surface area contributed by atoms with E-state index in [-0.39, 0.29) is 18.9 Å². The molecule has 0 saturated carbocycles. The topological polar surface area (TPSA) is 108 Å². The second-order valence-electron chi connectivity index (χ2n) is 8.47. The Hall–Kier alpha value is -4.05. The van der Waals surface area contributed by atoms with Crippen LogP contribution >= 0.6 is 0 Å². The molecule has 6 heterocycles. The van der Waals surface area contributed by atoms with Gasteiger partial charge in [0.2, 0.25) is 0 Å². The van der Waals surface area contributed by atoms with Gasteiger partial charge >= 0.3 is 0 Å². The van der Waals surface area contributed by atoms with Gasteiger partial charge in [-0.05, 0) is 30.7 Å². The third-order valence-electron chi connectivity index (χ3n) is 6.37. The van der Waals surface area contributed by atoms with Gasteiger partial charge in [-0.3, -0.25) is 14.2 Å². The molecule has 3 N–H and O–H groups in total. The average Bonchev–Trinajstić information content (AvgIpc) is 3.46. The number of halogens is 1. The molecule has 172 valence electrons. The summed E-state index contributed by atoms with van der Waals surface area (Å²) in [6.07, 6.45) is 5.10. The molecule has 1 fully saturated rings. The van der Waals surface area contributed by atoms with E-state index in [2.05, 4.69) is 25.6 Å². The lowest BCUT2D eigenvalue weighted by atomic mass is 10.1. The number of aliphatic hydroxyl groups is 1. The van der Waals surface area contributed by atoms with E-state index < -0.39 is 12.3 Å². The molecule has 0 radical (unpaired) electrons. The first-order valence-corrected chi connectivity index (χ1v) is 11.1. The normalized spacial score (nSPS) is 19.8. The number of rotatable bonds is 4. The number of hydrogen-bond acceptors (Lipinski definition) is 7. The highest BCUT2D eigenvalue weighted by Crippen LogP contribution is 2.33. The van der Waals surface area contributed by atoms with E-state index in [1.807, 2.05) is 39.8 Å². The molecule has 0 spiro atoms. The Balaban J connectivity index is 1.29. The van der Waals surface area contributed by atoms with Crippen molar-refractivity contribution in [3.8, 4) is 11.4 Å². The van der Waals surface area contributed by atoms with Crippen molar-refractivity contribution < 1.29 is 14.3 Å². The van der Waals surface area contributed by atoms with Crippen LogP contribution < -0.4 is 15.5 Å². The molecule has 34 heavy (non-hydrogen) atoms. The number of carbonyl (C=O) groups excluding carboxylic acids is 1. The van der Waals surface area contributed by atoms with Crippen molar-refractivity contribution in [1.29, 1.82) is 0 Å². The van der Waals surface area contributed by atoms with Crippen LogP contribution in [0.25, 0.3) is 17.0 Å². The Morgan fingerprint density at radius 1 is 1.12 bits per heavy atom. The highest BCUT2D eigenvalue weighted by Gasteiger charge is 2.29. The van der Waals surface area contributed by atoms with Crippen LogP contribution in [-0.2, 0) is 6.54 Å². The van der Waals surface area contributed by atoms with Gasteiger partial charge in [-0.1, -0.05) is 6.07 Å². The van der Waals surface area contributed by atoms with Gasteiger partial charge in [0.1, 0.15) is 23.7 Å². The first kappa shape index (κ1) is 20.5. The fourth-order valence-corrected chi connectivity index (χ4v) is 4.59. The monoisotopic (exact) mass is 459 g/mol. The van der Waals surface area contributed by atoms with Gasteiger partial charge in [0, 0.05) is 31.4 Å². The number of nitrogens with one attached hydrogen (secondary N) is 2. The second kappa shape index (κ2) is 8.07. The summed E-state index contributed by atoms with van der Waals surface area (Å²) < 4.78 is 15.5. The Bertz CT molecular complexity index is 1390. The zero-order valence-electron chi connectivity index (χ0n) is 18.1. The molecule has 0 aliphatic carbocycles. The van der Waals surface area contributed by atoms with Crippen molar-refractivity contribution in [2.24, 2.45) is 0 Å². The fraction of sp³-hybridized carbons (Fsp3) is 0.250. The number of fused-ring (bicyclic) bond motifs is 2. The maximum atomic E-state index is 13.6. The molecule has 10 heteroatoms. The number of carbonyl (C=O) groups is 1. The summed E-state index contributed by atoms with van der Waals surface area (Å²) in [6.45, 7) is 1.14. The molecule has 0 bridgehead atoms. The van der Waals surface area contributed by atoms with Gasteiger partial charge in [-0.2, -0.15) is 0 Å². The number of β-amino-alcohol motifs (C(OH)–C–C–N with tert-alkyl or cyclic N) is 1. The SMILES string of the molecule is O=C1NCc2c(-c3cnc4ccccn34)ncc(Nc3ccc(N4CCC(F)[C@H](O)C4)cn3)c21. The number of amides is 1. The van der Waals surface area contributed by atoms with E-state index in [4.69, 9.17) is 0 Å². The van der Waals surface area contributed by atoms with E-state index in [1.54, 1.807) is 24.7 Å². The standard InChI is InChI=1S/C24H22FN7O2/c25-16-6-8-31(13-19(16)33)14-4-5-20(26-9-14)30-17-11-28-23(15-10-29-24(34)22(15)17)18-12-27-21-3-1-2-7-32(18)21/h1-5,7,9,11-12,16,19,33H,6,8,10,13H2,(H,26,30)(H,29,34)/t16?,19-/m1/s1. The zero-order valence-corrected chi connectivity index (χ0v) is 18.1. The lowest BCUT2D eigenvalue weighted by molar-refractivity contribution is 0.0645. The van der Waals surface area contributed by atoms with Crippen LogP contribution in [0.2, 0.25) is 0 Å². The van der Waals surface area contributed by atoms with Gasteiger partial charge in [-0.25, -0.2) is 14.4 Å². The minimum atomic E-state index is -1.19. The van der Waals surface area contributed by atoms with Gasteiger partial charge in [0.05, 0.1) is 46.9 Å². The number of aliphatic hydroxyl groups excluding tert-OH is 1. The molecule has 1 saturated heterocycles. The van der Waals surface area contributed by atoms with Crippen LogP contribution in [0.4, 0.5) is 21.6 Å². The van der Waals surface area contributed by atoms with E-state index in [1.165, 1.54) is 0 Å². The average molecular weight is 459 g/mol. The first-order valence-electron chi connectivity index (χ1n) is 11.1. The van der Waals surface area contributed by atoms with Gasteiger partial charge < -0.3 is 20.6 Å². The van der Waals surface area contributed by atoms with Crippen LogP contribution in [-0.4, -0.2) is 55.7 Å². The molecular formula is C24H22FN7O2. The van der Waals surface area contributed by atoms with Crippen LogP contribution in [0.3, 0.4) is 0 Å². The Morgan fingerprint density at radius 2 is 2.03 bits per heavy atom. The van der Waals surface area contributed by atoms with Crippen molar-refractivity contribution in [3.63, 3.8) is 0 Å². The summed E-state index contributed by atoms with van der Waals surface area (Å²) in [6, 6.07) is 9.42. The summed E-state index contributed by atoms with van der Waals surface area (Å²) in [5.41, 5.74) is 5.04. The summed E-state index contributed by atoms with van der Waals surface area (Å²) in [4.78, 5) is 28.2. The fourth-order valence-electron chi connectivity index (χ4n) is 4.59. The molecule has 4 aromatic rings. The number of hydrogen-bond donors (Lipinski definition) is 3. The summed E-state index contributed by atoms with van der Waals surface area (Å²) >= 11 is 0. The first-order chi connectivity index (χ1) is 16.6. The minimum absolute atomic E-state index is 0.172. The Morgan fingerprint density at radius 3 is 2.85 bits per heavy atom. The number of anilines is 3. The number of piperidine rings is 1. The van der Waals surface area contributed by atoms with Crippen LogP contribution in [0.5, 0.6) is 0 Å². The third kappa shape index (κ3) is 3.43. The maximum Gasteiger partial charge on any atom is 0.254 e. The molecule has 2 aliphatic heterocycles. The quantitative estimate of drug-likeness (QED) is 0.431. The van der Waals surface area contributed by atoms with Gasteiger partial charge in [0.15, 0.2) is 0 Å². The highest BCUT2D eigenvalue weighted by molar-refractivity contribution is 6.05. The number of pyridine rings is 3. The zero-order chi connectivity index (χ0) is 23.2. The number of imidazole rings is 1. The summed E-state index contributed by atoms with van der Waals surface area (Å²) in [5.74, 6) is 0.380. The predicted molar refractivity (Wildman–Crippen MR) is 125 cm³/mol. The highest BCUT2D eigenvalue weighted by atomic mass is 19.1. The van der Waals surface area contributed by atoms with Crippen LogP contribution in [0.15, 0.2) is 55.1 Å². The smallest absolute Gasteiger partial charge is 0.254 e. The van der Waals surface area contributed by atoms with Crippen molar-refractivity contribution >= 4 is 28.7 Å². The van der Waals surface area contributed by atoms with Gasteiger partial charge in [0.25, 0.3) is 5.91 Å². The van der Waals surface area contributed by atoms with E-state index >= 15 is 0 Å². The van der Waals surface area contributed by atoms with Crippen LogP contribution in [0.1, 0.15) is 22.3 Å². The van der Waals surface area contributed by atoms with E-state index in [9.17, 15) is 14.3 Å². The van der Waals surface area contributed by atoms with E-state index in [0.717, 1.165) is 22.6 Å². The molecular weight excluding hydrogens is 437 g/mol. The number of aromatic nitrogens is 4. The lowest BCUT2D eigenvalue weighted by Crippen LogP contribution is -2.45. The molecule has 2 atom stereocenters. The molecule has 9 nitrogen and oxygen atoms in total. The Labute approximate surface area is 194 Å². The third-order valence-corrected chi connectivity index (χ3v) is 6.37. The summed E-state index contributed by atoms with van der Waals surface area (Å²) in [7, 11) is 0. The molecule has 6 rings (SSSR count). The largest absolute Gasteiger partial charge is 0.388 e. The lowest BCUT2D eigenvalue weighted by Gasteiger charge is -2.33. The van der Waals surface area contributed by atoms with E-state index in [0.29, 0.717) is 35.9 Å². The molecule has 0 aromatic carbocycles. The second-order valence-corrected chi connectivity index (χ2v) is 8.47. The van der Waals surface area contributed by atoms with Crippen molar-refractivity contribution in [2.45, 2.75) is 25.2 Å². The van der Waals surface area contributed by atoms with Crippen molar-refractivity contribution in [1.82, 2.24) is 24.7 Å². The minimum Gasteiger partial charge on any atom is -0.388 e. The molecule has 1 unspecified atom stereocenters. The summed E-state index contributed by atoms with van der Waals surface area (Å²) in [5, 5.41) is 15.9. The van der Waals surface area contributed by atoms with Crippen molar-refractivity contribution in [2.75, 3.05) is 23.3 Å². The molecule has 2 aliphatic rings. The maximum absolute atomic E-state index is 13.6. The number of alkyl halides is 1. The predicted octanol–water partition coefficient (Wildman–Crippen LogP) is 2.69. The van der Waals surface area contributed by atoms with Crippen LogP contribution in [0, 0.1) is 0 Å². The van der Waals surface area contributed by atoms with Gasteiger partial charge in [-0.15, -0.1) is 0 Å².